The number of fused-ring (bicyclic) bond motifs is 1. The van der Waals surface area contributed by atoms with E-state index in [1.54, 1.807) is 24.4 Å². The summed E-state index contributed by atoms with van der Waals surface area (Å²) in [5, 5.41) is 18.7. The van der Waals surface area contributed by atoms with Gasteiger partial charge in [0.2, 0.25) is 0 Å². The van der Waals surface area contributed by atoms with Crippen molar-refractivity contribution in [1.82, 2.24) is 4.98 Å². The maximum absolute atomic E-state index is 9.61. The van der Waals surface area contributed by atoms with Gasteiger partial charge in [-0.3, -0.25) is 0 Å². The standard InChI is InChI=1S/C16H12BrN3O/c17-13-5-6-15-14(7-13)12(8-18-15)10-20-19-9-11-3-1-2-4-16(11)21/h1-10,18,21H/b19-9+,20-10-. The molecule has 1 heterocycles. The number of hydrogen-bond acceptors (Lipinski definition) is 3. The van der Waals surface area contributed by atoms with Crippen molar-refractivity contribution in [3.8, 4) is 5.75 Å². The fourth-order valence-electron chi connectivity index (χ4n) is 2.01. The van der Waals surface area contributed by atoms with Crippen molar-refractivity contribution in [2.45, 2.75) is 0 Å². The van der Waals surface area contributed by atoms with Gasteiger partial charge in [-0.2, -0.15) is 10.2 Å². The van der Waals surface area contributed by atoms with Gasteiger partial charge in [0.25, 0.3) is 0 Å². The Morgan fingerprint density at radius 1 is 1.00 bits per heavy atom. The molecule has 0 bridgehead atoms. The smallest absolute Gasteiger partial charge is 0.124 e. The first kappa shape index (κ1) is 13.6. The molecule has 0 saturated carbocycles. The number of benzene rings is 2. The number of H-pyrrole nitrogens is 1. The van der Waals surface area contributed by atoms with E-state index in [0.29, 0.717) is 5.56 Å². The summed E-state index contributed by atoms with van der Waals surface area (Å²) < 4.78 is 1.02. The predicted molar refractivity (Wildman–Crippen MR) is 89.3 cm³/mol. The van der Waals surface area contributed by atoms with Crippen LogP contribution in [0.5, 0.6) is 5.75 Å². The molecule has 0 aliphatic rings. The number of nitrogens with one attached hydrogen (secondary N) is 1. The third-order valence-electron chi connectivity index (χ3n) is 3.07. The maximum atomic E-state index is 9.61. The van der Waals surface area contributed by atoms with Gasteiger partial charge in [0, 0.05) is 32.7 Å². The third-order valence-corrected chi connectivity index (χ3v) is 3.57. The van der Waals surface area contributed by atoms with Gasteiger partial charge in [-0.05, 0) is 30.3 Å². The van der Waals surface area contributed by atoms with Gasteiger partial charge >= 0.3 is 0 Å². The lowest BCUT2D eigenvalue weighted by atomic mass is 10.2. The van der Waals surface area contributed by atoms with Crippen LogP contribution in [-0.2, 0) is 0 Å². The van der Waals surface area contributed by atoms with Crippen LogP contribution in [0.15, 0.2) is 63.3 Å². The molecule has 0 amide bonds. The second-order valence-corrected chi connectivity index (χ2v) is 5.40. The van der Waals surface area contributed by atoms with Crippen molar-refractivity contribution >= 4 is 39.3 Å². The molecule has 0 aliphatic heterocycles. The van der Waals surface area contributed by atoms with Crippen molar-refractivity contribution in [2.75, 3.05) is 0 Å². The minimum atomic E-state index is 0.187. The van der Waals surface area contributed by atoms with Crippen molar-refractivity contribution < 1.29 is 5.11 Å². The molecule has 0 unspecified atom stereocenters. The number of aromatic amines is 1. The van der Waals surface area contributed by atoms with Crippen LogP contribution in [0.4, 0.5) is 0 Å². The second kappa shape index (κ2) is 5.93. The first-order chi connectivity index (χ1) is 10.2. The zero-order chi connectivity index (χ0) is 14.7. The van der Waals surface area contributed by atoms with Gasteiger partial charge in [0.15, 0.2) is 0 Å². The van der Waals surface area contributed by atoms with Crippen LogP contribution in [-0.4, -0.2) is 22.5 Å². The molecule has 0 saturated heterocycles. The predicted octanol–water partition coefficient (Wildman–Crippen LogP) is 4.09. The van der Waals surface area contributed by atoms with Crippen LogP contribution < -0.4 is 0 Å². The van der Waals surface area contributed by atoms with Crippen LogP contribution >= 0.6 is 15.9 Å². The summed E-state index contributed by atoms with van der Waals surface area (Å²) in [6.45, 7) is 0. The highest BCUT2D eigenvalue weighted by Gasteiger charge is 2.01. The fraction of sp³-hybridized carbons (Fsp3) is 0. The minimum Gasteiger partial charge on any atom is -0.507 e. The number of halogens is 1. The van der Waals surface area contributed by atoms with Crippen molar-refractivity contribution in [3.05, 3.63) is 64.3 Å². The second-order valence-electron chi connectivity index (χ2n) is 4.48. The molecule has 104 valence electrons. The van der Waals surface area contributed by atoms with E-state index in [9.17, 15) is 5.11 Å². The SMILES string of the molecule is Oc1ccccc1/C=N/N=C\c1c[nH]c2ccc(Br)cc12. The monoisotopic (exact) mass is 341 g/mol. The van der Waals surface area contributed by atoms with Gasteiger partial charge < -0.3 is 10.1 Å². The highest BCUT2D eigenvalue weighted by molar-refractivity contribution is 9.10. The average Bonchev–Trinajstić information content (AvgIpc) is 2.88. The molecule has 0 radical (unpaired) electrons. The first-order valence-electron chi connectivity index (χ1n) is 6.35. The number of phenols is 1. The van der Waals surface area contributed by atoms with Crippen molar-refractivity contribution in [1.29, 1.82) is 0 Å². The molecule has 1 aromatic heterocycles. The van der Waals surface area contributed by atoms with Gasteiger partial charge in [0.1, 0.15) is 5.75 Å². The van der Waals surface area contributed by atoms with Crippen molar-refractivity contribution in [2.24, 2.45) is 10.2 Å². The Balaban J connectivity index is 1.82. The van der Waals surface area contributed by atoms with Crippen LogP contribution in [0, 0.1) is 0 Å². The summed E-state index contributed by atoms with van der Waals surface area (Å²) in [7, 11) is 0. The summed E-state index contributed by atoms with van der Waals surface area (Å²) in [5.41, 5.74) is 2.64. The molecule has 21 heavy (non-hydrogen) atoms. The Morgan fingerprint density at radius 2 is 1.76 bits per heavy atom. The summed E-state index contributed by atoms with van der Waals surface area (Å²) in [5.74, 6) is 0.187. The summed E-state index contributed by atoms with van der Waals surface area (Å²) in [4.78, 5) is 3.18. The Morgan fingerprint density at radius 3 is 2.57 bits per heavy atom. The Bertz CT molecular complexity index is 836. The zero-order valence-electron chi connectivity index (χ0n) is 11.0. The van der Waals surface area contributed by atoms with E-state index in [1.165, 1.54) is 6.21 Å². The van der Waals surface area contributed by atoms with Gasteiger partial charge in [-0.15, -0.1) is 0 Å². The molecule has 5 heteroatoms. The molecule has 4 nitrogen and oxygen atoms in total. The number of rotatable bonds is 3. The number of aromatic hydroxyl groups is 1. The Kier molecular flexibility index (Phi) is 3.83. The van der Waals surface area contributed by atoms with E-state index < -0.39 is 0 Å². The number of para-hydroxylation sites is 1. The Hall–Kier alpha value is -2.40. The molecule has 3 rings (SSSR count). The van der Waals surface area contributed by atoms with Gasteiger partial charge in [0.05, 0.1) is 12.4 Å². The molecule has 0 aliphatic carbocycles. The van der Waals surface area contributed by atoms with E-state index in [4.69, 9.17) is 0 Å². The molecule has 2 N–H and O–H groups in total. The summed E-state index contributed by atoms with van der Waals surface area (Å²) in [6.07, 6.45) is 5.09. The third kappa shape index (κ3) is 3.03. The minimum absolute atomic E-state index is 0.187. The number of aromatic nitrogens is 1. The molecular formula is C16H12BrN3O. The highest BCUT2D eigenvalue weighted by Crippen LogP contribution is 2.21. The molecule has 3 aromatic rings. The topological polar surface area (TPSA) is 60.7 Å². The van der Waals surface area contributed by atoms with Crippen LogP contribution in [0.1, 0.15) is 11.1 Å². The van der Waals surface area contributed by atoms with Crippen LogP contribution in [0.25, 0.3) is 10.9 Å². The number of phenolic OH excluding ortho intramolecular Hbond substituents is 1. The highest BCUT2D eigenvalue weighted by atomic mass is 79.9. The van der Waals surface area contributed by atoms with E-state index in [0.717, 1.165) is 20.9 Å². The van der Waals surface area contributed by atoms with Gasteiger partial charge in [-0.1, -0.05) is 28.1 Å². The lowest BCUT2D eigenvalue weighted by Gasteiger charge is -1.94. The van der Waals surface area contributed by atoms with E-state index in [-0.39, 0.29) is 5.75 Å². The van der Waals surface area contributed by atoms with E-state index in [2.05, 4.69) is 31.1 Å². The zero-order valence-corrected chi connectivity index (χ0v) is 12.6. The average molecular weight is 342 g/mol. The summed E-state index contributed by atoms with van der Waals surface area (Å²) in [6, 6.07) is 13.0. The Labute approximate surface area is 130 Å². The fourth-order valence-corrected chi connectivity index (χ4v) is 2.37. The molecule has 2 aromatic carbocycles. The number of nitrogens with zero attached hydrogens (tertiary/aromatic N) is 2. The number of hydrogen-bond donors (Lipinski definition) is 2. The lowest BCUT2D eigenvalue weighted by Crippen LogP contribution is -1.81. The van der Waals surface area contributed by atoms with E-state index >= 15 is 0 Å². The maximum Gasteiger partial charge on any atom is 0.124 e. The lowest BCUT2D eigenvalue weighted by molar-refractivity contribution is 0.474. The largest absolute Gasteiger partial charge is 0.507 e. The van der Waals surface area contributed by atoms with Crippen LogP contribution in [0.3, 0.4) is 0 Å². The van der Waals surface area contributed by atoms with Gasteiger partial charge in [-0.25, -0.2) is 0 Å². The first-order valence-corrected chi connectivity index (χ1v) is 7.14. The molecule has 0 atom stereocenters. The quantitative estimate of drug-likeness (QED) is 0.547. The van der Waals surface area contributed by atoms with Crippen molar-refractivity contribution in [3.63, 3.8) is 0 Å². The summed E-state index contributed by atoms with van der Waals surface area (Å²) >= 11 is 3.46. The van der Waals surface area contributed by atoms with Crippen LogP contribution in [0.2, 0.25) is 0 Å². The molecule has 0 spiro atoms. The normalized spacial score (nSPS) is 11.9. The molecule has 0 fully saturated rings. The van der Waals surface area contributed by atoms with E-state index in [1.807, 2.05) is 30.5 Å². The molecular weight excluding hydrogens is 330 g/mol.